The van der Waals surface area contributed by atoms with Crippen molar-refractivity contribution in [2.45, 2.75) is 101 Å². The number of benzene rings is 1. The number of hydrogen-bond acceptors (Lipinski definition) is 4. The Morgan fingerprint density at radius 1 is 1.00 bits per heavy atom. The van der Waals surface area contributed by atoms with Gasteiger partial charge in [0.05, 0.1) is 45.8 Å². The summed E-state index contributed by atoms with van der Waals surface area (Å²) < 4.78 is 13.9. The molecule has 1 spiro atoms. The number of quaternary nitrogens is 1. The van der Waals surface area contributed by atoms with Gasteiger partial charge in [0.15, 0.2) is 11.5 Å². The Morgan fingerprint density at radius 2 is 1.67 bits per heavy atom. The molecule has 4 rings (SSSR count). The smallest absolute Gasteiger partial charge is 0.166 e. The van der Waals surface area contributed by atoms with Crippen molar-refractivity contribution >= 4 is 0 Å². The fourth-order valence-electron chi connectivity index (χ4n) is 6.31. The average molecular weight is 500 g/mol. The first kappa shape index (κ1) is 27.5. The van der Waals surface area contributed by atoms with Crippen molar-refractivity contribution in [1.29, 1.82) is 0 Å². The first-order valence-corrected chi connectivity index (χ1v) is 14.6. The molecule has 0 saturated carbocycles. The van der Waals surface area contributed by atoms with E-state index in [-0.39, 0.29) is 11.5 Å². The van der Waals surface area contributed by atoms with Crippen LogP contribution in [0.4, 0.5) is 0 Å². The molecule has 0 aromatic heterocycles. The van der Waals surface area contributed by atoms with Gasteiger partial charge in [-0.3, -0.25) is 0 Å². The van der Waals surface area contributed by atoms with Crippen LogP contribution in [-0.2, 0) is 12.0 Å². The van der Waals surface area contributed by atoms with E-state index >= 15 is 0 Å². The molecule has 36 heavy (non-hydrogen) atoms. The summed E-state index contributed by atoms with van der Waals surface area (Å²) in [4.78, 5) is 2.39. The van der Waals surface area contributed by atoms with E-state index in [0.29, 0.717) is 6.42 Å². The SMILES string of the molecule is CN1CC[C@@]23C=C[C@H](O)C[C@@H]2Oc2c(OCCCCCCCCCCCC[N+](C)(C)C)ccc(c23)C1. The molecule has 202 valence electrons. The third-order valence-corrected chi connectivity index (χ3v) is 8.41. The minimum absolute atomic E-state index is 0.000144. The van der Waals surface area contributed by atoms with Crippen molar-refractivity contribution in [3.05, 3.63) is 35.4 Å². The van der Waals surface area contributed by atoms with Gasteiger partial charge in [0.1, 0.15) is 6.10 Å². The molecule has 3 aliphatic rings. The first-order chi connectivity index (χ1) is 17.3. The van der Waals surface area contributed by atoms with E-state index in [0.717, 1.165) is 48.5 Å². The molecule has 5 nitrogen and oxygen atoms in total. The molecule has 0 fully saturated rings. The van der Waals surface area contributed by atoms with Gasteiger partial charge in [0.25, 0.3) is 0 Å². The molecule has 1 N–H and O–H groups in total. The number of nitrogens with zero attached hydrogens (tertiary/aromatic N) is 2. The summed E-state index contributed by atoms with van der Waals surface area (Å²) >= 11 is 0. The molecule has 2 aliphatic heterocycles. The van der Waals surface area contributed by atoms with Crippen LogP contribution in [0.2, 0.25) is 0 Å². The van der Waals surface area contributed by atoms with Crippen molar-refractivity contribution in [3.63, 3.8) is 0 Å². The zero-order valence-electron chi connectivity index (χ0n) is 23.4. The molecule has 2 heterocycles. The highest BCUT2D eigenvalue weighted by Crippen LogP contribution is 2.55. The Balaban J connectivity index is 1.18. The van der Waals surface area contributed by atoms with Crippen molar-refractivity contribution in [3.8, 4) is 11.5 Å². The quantitative estimate of drug-likeness (QED) is 0.199. The zero-order chi connectivity index (χ0) is 25.6. The minimum atomic E-state index is -0.420. The number of rotatable bonds is 14. The van der Waals surface area contributed by atoms with E-state index in [9.17, 15) is 5.11 Å². The molecule has 0 amide bonds. The Hall–Kier alpha value is -1.56. The molecule has 0 saturated heterocycles. The predicted molar refractivity (Wildman–Crippen MR) is 148 cm³/mol. The molecule has 0 radical (unpaired) electrons. The lowest BCUT2D eigenvalue weighted by atomic mass is 9.69. The summed E-state index contributed by atoms with van der Waals surface area (Å²) in [7, 11) is 9.04. The van der Waals surface area contributed by atoms with Crippen LogP contribution in [-0.4, -0.2) is 74.6 Å². The monoisotopic (exact) mass is 499 g/mol. The molecule has 0 bridgehead atoms. The molecule has 5 heteroatoms. The van der Waals surface area contributed by atoms with Crippen molar-refractivity contribution < 1.29 is 19.1 Å². The van der Waals surface area contributed by atoms with E-state index in [1.807, 2.05) is 6.08 Å². The van der Waals surface area contributed by atoms with Gasteiger partial charge in [-0.2, -0.15) is 0 Å². The van der Waals surface area contributed by atoms with Gasteiger partial charge in [0, 0.05) is 18.5 Å². The highest BCUT2D eigenvalue weighted by molar-refractivity contribution is 5.61. The number of aliphatic hydroxyl groups is 1. The van der Waals surface area contributed by atoms with Gasteiger partial charge in [0.2, 0.25) is 0 Å². The highest BCUT2D eigenvalue weighted by atomic mass is 16.5. The Kier molecular flexibility index (Phi) is 9.40. The molecule has 0 unspecified atom stereocenters. The molecule has 1 aromatic carbocycles. The second kappa shape index (κ2) is 12.3. The standard InChI is InChI=1S/C31H51N2O3/c1-32-20-19-31-18-17-26(34)23-28(31)36-30-27(16-15-25(24-32)29(30)31)35-22-14-12-10-8-6-5-7-9-11-13-21-33(2,3)4/h15-18,26,28,34H,5-14,19-24H2,1-4H3/q+1/t26-,28-,31-/m0/s1. The van der Waals surface area contributed by atoms with Gasteiger partial charge in [-0.05, 0) is 50.9 Å². The fourth-order valence-corrected chi connectivity index (χ4v) is 6.31. The van der Waals surface area contributed by atoms with Gasteiger partial charge in [-0.15, -0.1) is 0 Å². The lowest BCUT2D eigenvalue weighted by Crippen LogP contribution is -2.42. The molecular formula is C31H51N2O3+. The van der Waals surface area contributed by atoms with Gasteiger partial charge < -0.3 is 24.0 Å². The number of ether oxygens (including phenoxy) is 2. The lowest BCUT2D eigenvalue weighted by molar-refractivity contribution is -0.870. The fraction of sp³-hybridized carbons (Fsp3) is 0.742. The molecule has 3 atom stereocenters. The highest BCUT2D eigenvalue weighted by Gasteiger charge is 2.52. The van der Waals surface area contributed by atoms with Crippen LogP contribution >= 0.6 is 0 Å². The maximum absolute atomic E-state index is 10.3. The van der Waals surface area contributed by atoms with Crippen molar-refractivity contribution in [2.24, 2.45) is 0 Å². The lowest BCUT2D eigenvalue weighted by Gasteiger charge is -2.35. The maximum atomic E-state index is 10.3. The Morgan fingerprint density at radius 3 is 2.36 bits per heavy atom. The number of hydrogen-bond donors (Lipinski definition) is 1. The summed E-state index contributed by atoms with van der Waals surface area (Å²) in [5, 5.41) is 10.3. The van der Waals surface area contributed by atoms with E-state index in [1.165, 1.54) is 75.5 Å². The third kappa shape index (κ3) is 6.85. The molecular weight excluding hydrogens is 448 g/mol. The number of unbranched alkanes of at least 4 members (excludes halogenated alkanes) is 9. The summed E-state index contributed by atoms with van der Waals surface area (Å²) in [5.74, 6) is 1.83. The second-order valence-electron chi connectivity index (χ2n) is 12.6. The zero-order valence-corrected chi connectivity index (χ0v) is 23.4. The average Bonchev–Trinajstić information content (AvgIpc) is 3.08. The summed E-state index contributed by atoms with van der Waals surface area (Å²) in [5.41, 5.74) is 2.53. The van der Waals surface area contributed by atoms with E-state index < -0.39 is 6.10 Å². The second-order valence-corrected chi connectivity index (χ2v) is 12.6. The van der Waals surface area contributed by atoms with Gasteiger partial charge in [-0.25, -0.2) is 0 Å². The normalized spacial score (nSPS) is 25.2. The molecule has 1 aliphatic carbocycles. The summed E-state index contributed by atoms with van der Waals surface area (Å²) in [6.07, 6.45) is 18.7. The third-order valence-electron chi connectivity index (χ3n) is 8.41. The van der Waals surface area contributed by atoms with Crippen molar-refractivity contribution in [2.75, 3.05) is 47.9 Å². The van der Waals surface area contributed by atoms with Crippen LogP contribution in [0.3, 0.4) is 0 Å². The summed E-state index contributed by atoms with van der Waals surface area (Å²) in [6.45, 7) is 4.01. The predicted octanol–water partition coefficient (Wildman–Crippen LogP) is 5.83. The Bertz CT molecular complexity index is 877. The van der Waals surface area contributed by atoms with E-state index in [2.05, 4.69) is 51.3 Å². The van der Waals surface area contributed by atoms with Crippen LogP contribution in [0.5, 0.6) is 11.5 Å². The van der Waals surface area contributed by atoms with Crippen LogP contribution < -0.4 is 9.47 Å². The van der Waals surface area contributed by atoms with E-state index in [4.69, 9.17) is 9.47 Å². The van der Waals surface area contributed by atoms with Crippen LogP contribution in [0, 0.1) is 0 Å². The topological polar surface area (TPSA) is 41.9 Å². The van der Waals surface area contributed by atoms with Crippen LogP contribution in [0.15, 0.2) is 24.3 Å². The maximum Gasteiger partial charge on any atom is 0.166 e. The largest absolute Gasteiger partial charge is 0.490 e. The minimum Gasteiger partial charge on any atom is -0.490 e. The van der Waals surface area contributed by atoms with Crippen LogP contribution in [0.1, 0.15) is 88.2 Å². The van der Waals surface area contributed by atoms with E-state index in [1.54, 1.807) is 0 Å². The van der Waals surface area contributed by atoms with Gasteiger partial charge >= 0.3 is 0 Å². The van der Waals surface area contributed by atoms with Gasteiger partial charge in [-0.1, -0.05) is 63.2 Å². The molecule has 1 aromatic rings. The van der Waals surface area contributed by atoms with Crippen LogP contribution in [0.25, 0.3) is 0 Å². The Labute approximate surface area is 220 Å². The summed E-state index contributed by atoms with van der Waals surface area (Å²) in [6, 6.07) is 4.35. The number of aliphatic hydroxyl groups excluding tert-OH is 1. The first-order valence-electron chi connectivity index (χ1n) is 14.6. The van der Waals surface area contributed by atoms with Crippen molar-refractivity contribution in [1.82, 2.24) is 4.90 Å².